The second-order valence-electron chi connectivity index (χ2n) is 11.7. The molecule has 0 unspecified atom stereocenters. The highest BCUT2D eigenvalue weighted by Crippen LogP contribution is 2.59. The van der Waals surface area contributed by atoms with E-state index in [4.69, 9.17) is 14.2 Å². The summed E-state index contributed by atoms with van der Waals surface area (Å²) in [4.78, 5) is 39.3. The second kappa shape index (κ2) is 14.5. The minimum absolute atomic E-state index is 0.0820. The smallest absolute Gasteiger partial charge is 0.471 e. The Kier molecular flexibility index (Phi) is 10.5. The minimum Gasteiger partial charge on any atom is -0.496 e. The van der Waals surface area contributed by atoms with E-state index >= 15 is 0 Å². The molecule has 12 nitrogen and oxygen atoms in total. The highest BCUT2D eigenvalue weighted by molar-refractivity contribution is 5.81. The van der Waals surface area contributed by atoms with Gasteiger partial charge in [-0.25, -0.2) is 4.79 Å². The predicted octanol–water partition coefficient (Wildman–Crippen LogP) is 2.18. The van der Waals surface area contributed by atoms with Crippen LogP contribution in [0.3, 0.4) is 0 Å². The number of ether oxygens (including phenoxy) is 3. The number of hydrogen-bond acceptors (Lipinski definition) is 9. The number of alkyl halides is 3. The van der Waals surface area contributed by atoms with E-state index in [0.29, 0.717) is 28.2 Å². The normalized spacial score (nSPS) is 20.8. The van der Waals surface area contributed by atoms with Crippen LogP contribution in [0, 0.1) is 0 Å². The topological polar surface area (TPSA) is 172 Å². The van der Waals surface area contributed by atoms with E-state index in [9.17, 15) is 42.9 Å². The van der Waals surface area contributed by atoms with E-state index in [2.05, 4.69) is 4.98 Å². The molecule has 1 aromatic heterocycles. The van der Waals surface area contributed by atoms with Crippen molar-refractivity contribution in [2.45, 2.75) is 48.5 Å². The first-order chi connectivity index (χ1) is 23.9. The second-order valence-corrected chi connectivity index (χ2v) is 11.7. The molecule has 2 heterocycles. The number of aliphatic hydroxyl groups is 3. The van der Waals surface area contributed by atoms with Gasteiger partial charge in [-0.15, -0.1) is 0 Å². The van der Waals surface area contributed by atoms with E-state index in [1.165, 1.54) is 14.2 Å². The molecule has 0 spiro atoms. The number of carbonyl (C=O) groups excluding carboxylic acids is 1. The average Bonchev–Trinajstić information content (AvgIpc) is 3.37. The Morgan fingerprint density at radius 3 is 2.06 bits per heavy atom. The van der Waals surface area contributed by atoms with Crippen molar-refractivity contribution in [3.8, 4) is 11.5 Å². The summed E-state index contributed by atoms with van der Waals surface area (Å²) in [7, 11) is 2.87. The van der Waals surface area contributed by atoms with Gasteiger partial charge < -0.3 is 34.8 Å². The summed E-state index contributed by atoms with van der Waals surface area (Å²) in [6.07, 6.45) is -9.63. The Balaban J connectivity index is 1.70. The Morgan fingerprint density at radius 1 is 0.960 bits per heavy atom. The van der Waals surface area contributed by atoms with Gasteiger partial charge in [0.2, 0.25) is 0 Å². The molecule has 0 saturated carbocycles. The van der Waals surface area contributed by atoms with Crippen molar-refractivity contribution < 1.29 is 47.5 Å². The summed E-state index contributed by atoms with van der Waals surface area (Å²) >= 11 is 0. The Bertz CT molecular complexity index is 1880. The van der Waals surface area contributed by atoms with Crippen LogP contribution in [0.25, 0.3) is 0 Å². The van der Waals surface area contributed by atoms with E-state index in [1.54, 1.807) is 84.2 Å². The molecule has 5 rings (SSSR count). The number of methoxy groups -OCH3 is 2. The molecule has 1 saturated heterocycles. The minimum atomic E-state index is -5.08. The number of para-hydroxylation sites is 2. The van der Waals surface area contributed by atoms with Crippen molar-refractivity contribution in [3.63, 3.8) is 0 Å². The number of nitrogens with zero attached hydrogens (tertiary/aromatic N) is 1. The van der Waals surface area contributed by atoms with Crippen LogP contribution < -0.4 is 26.0 Å². The van der Waals surface area contributed by atoms with E-state index in [1.807, 2.05) is 0 Å². The first kappa shape index (κ1) is 36.3. The van der Waals surface area contributed by atoms with Crippen molar-refractivity contribution in [2.24, 2.45) is 0 Å². The van der Waals surface area contributed by atoms with Crippen LogP contribution >= 0.6 is 0 Å². The molecule has 0 radical (unpaired) electrons. The molecule has 5 N–H and O–H groups in total. The van der Waals surface area contributed by atoms with Crippen LogP contribution in [-0.2, 0) is 21.4 Å². The van der Waals surface area contributed by atoms with Crippen LogP contribution in [0.15, 0.2) is 94.6 Å². The lowest BCUT2D eigenvalue weighted by Crippen LogP contribution is -2.65. The van der Waals surface area contributed by atoms with E-state index in [-0.39, 0.29) is 18.4 Å². The van der Waals surface area contributed by atoms with E-state index < -0.39 is 65.9 Å². The van der Waals surface area contributed by atoms with Gasteiger partial charge in [-0.2, -0.15) is 13.2 Å². The van der Waals surface area contributed by atoms with Crippen LogP contribution in [0.5, 0.6) is 11.5 Å². The van der Waals surface area contributed by atoms with Gasteiger partial charge in [0.1, 0.15) is 29.3 Å². The molecule has 3 aromatic carbocycles. The largest absolute Gasteiger partial charge is 0.496 e. The number of amides is 1. The third-order valence-corrected chi connectivity index (χ3v) is 8.99. The van der Waals surface area contributed by atoms with Gasteiger partial charge in [0, 0.05) is 29.4 Å². The fraction of sp³-hybridized carbons (Fsp3) is 0.343. The van der Waals surface area contributed by atoms with Crippen LogP contribution in [-0.4, -0.2) is 82.1 Å². The molecular formula is C35H36F3N3O9. The Labute approximate surface area is 283 Å². The van der Waals surface area contributed by atoms with Crippen molar-refractivity contribution >= 4 is 5.91 Å². The lowest BCUT2D eigenvalue weighted by Gasteiger charge is -2.50. The number of aryl methyl sites for hydroxylation is 1. The molecule has 4 aromatic rings. The number of benzene rings is 3. The van der Waals surface area contributed by atoms with Gasteiger partial charge in [0.25, 0.3) is 5.56 Å². The van der Waals surface area contributed by atoms with Crippen molar-refractivity contribution in [1.29, 1.82) is 0 Å². The number of halogens is 3. The highest BCUT2D eigenvalue weighted by atomic mass is 19.4. The third-order valence-electron chi connectivity index (χ3n) is 8.99. The van der Waals surface area contributed by atoms with Crippen LogP contribution in [0.1, 0.15) is 34.9 Å². The summed E-state index contributed by atoms with van der Waals surface area (Å²) in [5.41, 5.74) is -5.22. The van der Waals surface area contributed by atoms with Crippen molar-refractivity contribution in [1.82, 2.24) is 14.9 Å². The summed E-state index contributed by atoms with van der Waals surface area (Å²) in [6, 6.07) is 22.2. The highest BCUT2D eigenvalue weighted by Gasteiger charge is 2.69. The van der Waals surface area contributed by atoms with Gasteiger partial charge in [-0.05, 0) is 30.5 Å². The Hall–Kier alpha value is -4.96. The van der Waals surface area contributed by atoms with Gasteiger partial charge in [-0.1, -0.05) is 66.7 Å². The standard InChI is InChI=1S/C35H36F3N3O9/c1-48-25-16-8-6-14-23(25)33(22-12-4-3-5-13-22,24-15-7-9-17-26(24)49-2)34(47)27(20-42)50-30(28(34)43)41-19-21(29(44)40-32(41)46)11-10-18-39-31(45)35(36,37)38/h3-9,12-17,19,27-28,30,42-43,47H,10-11,18,20H2,1-2H3,(H,39,45)(H,40,44,46)/t27-,28+,30-,34-/m1/s1. The summed E-state index contributed by atoms with van der Waals surface area (Å²) in [5.74, 6) is -1.55. The maximum absolute atomic E-state index is 13.3. The third kappa shape index (κ3) is 6.17. The molecule has 50 heavy (non-hydrogen) atoms. The zero-order valence-corrected chi connectivity index (χ0v) is 27.0. The van der Waals surface area contributed by atoms with Crippen LogP contribution in [0.4, 0.5) is 13.2 Å². The van der Waals surface area contributed by atoms with Gasteiger partial charge >= 0.3 is 17.8 Å². The lowest BCUT2D eigenvalue weighted by molar-refractivity contribution is -0.173. The predicted molar refractivity (Wildman–Crippen MR) is 173 cm³/mol. The first-order valence-corrected chi connectivity index (χ1v) is 15.5. The number of rotatable bonds is 12. The number of nitrogens with one attached hydrogen (secondary N) is 2. The monoisotopic (exact) mass is 699 g/mol. The molecule has 1 aliphatic heterocycles. The fourth-order valence-corrected chi connectivity index (χ4v) is 6.81. The number of hydrogen-bond donors (Lipinski definition) is 5. The SMILES string of the molecule is COc1ccccc1C(c1ccccc1)(c1ccccc1OC)[C@@]1(O)[C@@H](CO)O[C@@H](n2cc(CCCNC(=O)C(F)(F)F)c(=O)[nH]c2=O)[C@@H]1O. The van der Waals surface area contributed by atoms with Crippen molar-refractivity contribution in [2.75, 3.05) is 27.4 Å². The lowest BCUT2D eigenvalue weighted by atomic mass is 9.56. The molecule has 4 atom stereocenters. The molecule has 266 valence electrons. The van der Waals surface area contributed by atoms with Crippen LogP contribution in [0.2, 0.25) is 0 Å². The quantitative estimate of drug-likeness (QED) is 0.110. The molecule has 1 aliphatic rings. The number of H-pyrrole nitrogens is 1. The molecule has 1 fully saturated rings. The number of carbonyl (C=O) groups is 1. The average molecular weight is 700 g/mol. The summed E-state index contributed by atoms with van der Waals surface area (Å²) in [6.45, 7) is -1.28. The van der Waals surface area contributed by atoms with Gasteiger partial charge in [0.15, 0.2) is 6.23 Å². The molecule has 0 aliphatic carbocycles. The van der Waals surface area contributed by atoms with E-state index in [0.717, 1.165) is 10.8 Å². The maximum Gasteiger partial charge on any atom is 0.471 e. The fourth-order valence-electron chi connectivity index (χ4n) is 6.81. The number of aromatic nitrogens is 2. The summed E-state index contributed by atoms with van der Waals surface area (Å²) in [5, 5.41) is 38.2. The zero-order valence-electron chi connectivity index (χ0n) is 27.0. The van der Waals surface area contributed by atoms with Gasteiger partial charge in [0.05, 0.1) is 26.2 Å². The van der Waals surface area contributed by atoms with Gasteiger partial charge in [-0.3, -0.25) is 19.1 Å². The first-order valence-electron chi connectivity index (χ1n) is 15.5. The Morgan fingerprint density at radius 2 is 1.52 bits per heavy atom. The maximum atomic E-state index is 13.3. The summed E-state index contributed by atoms with van der Waals surface area (Å²) < 4.78 is 56.4. The number of aliphatic hydroxyl groups excluding tert-OH is 2. The zero-order chi connectivity index (χ0) is 36.3. The van der Waals surface area contributed by atoms with Crippen molar-refractivity contribution in [3.05, 3.63) is 128 Å². The molecule has 1 amide bonds. The molecule has 15 heteroatoms. The molecular weight excluding hydrogens is 663 g/mol. The number of aromatic amines is 1. The molecule has 0 bridgehead atoms.